The van der Waals surface area contributed by atoms with Crippen molar-refractivity contribution < 1.29 is 4.74 Å². The second-order valence-electron chi connectivity index (χ2n) is 3.59. The Hall–Kier alpha value is -0.800. The molecule has 0 saturated carbocycles. The second-order valence-corrected chi connectivity index (χ2v) is 4.51. The Morgan fingerprint density at radius 2 is 2.25 bits per heavy atom. The molecule has 3 heteroatoms. The summed E-state index contributed by atoms with van der Waals surface area (Å²) in [6.45, 7) is 5.20. The van der Waals surface area contributed by atoms with Crippen LogP contribution in [0.15, 0.2) is 28.7 Å². The molecular formula is C13H18BrNO. The van der Waals surface area contributed by atoms with Crippen LogP contribution in [-0.4, -0.2) is 19.7 Å². The summed E-state index contributed by atoms with van der Waals surface area (Å²) in [4.78, 5) is 0. The molecule has 0 heterocycles. The van der Waals surface area contributed by atoms with E-state index in [9.17, 15) is 0 Å². The maximum atomic E-state index is 5.30. The summed E-state index contributed by atoms with van der Waals surface area (Å²) in [5.74, 6) is 0.892. The lowest BCUT2D eigenvalue weighted by Gasteiger charge is -2.08. The van der Waals surface area contributed by atoms with Crippen molar-refractivity contribution in [3.05, 3.63) is 34.3 Å². The van der Waals surface area contributed by atoms with Crippen molar-refractivity contribution in [3.63, 3.8) is 0 Å². The predicted octanol–water partition coefficient (Wildman–Crippen LogP) is 3.47. The summed E-state index contributed by atoms with van der Waals surface area (Å²) in [5.41, 5.74) is 1.08. The average Bonchev–Trinajstić information content (AvgIpc) is 2.27. The molecule has 1 unspecified atom stereocenters. The van der Waals surface area contributed by atoms with Crippen molar-refractivity contribution in [3.8, 4) is 5.75 Å². The monoisotopic (exact) mass is 283 g/mol. The number of hydrogen-bond donors (Lipinski definition) is 1. The Balaban J connectivity index is 2.82. The molecule has 1 N–H and O–H groups in total. The van der Waals surface area contributed by atoms with E-state index < -0.39 is 0 Å². The molecule has 0 saturated heterocycles. The summed E-state index contributed by atoms with van der Waals surface area (Å²) < 4.78 is 6.36. The molecule has 1 aromatic rings. The highest BCUT2D eigenvalue weighted by Gasteiger charge is 2.00. The first-order valence-corrected chi connectivity index (χ1v) is 6.21. The Kier molecular flexibility index (Phi) is 5.56. The fourth-order valence-electron chi connectivity index (χ4n) is 1.47. The number of hydrogen-bond acceptors (Lipinski definition) is 2. The molecule has 2 nitrogen and oxygen atoms in total. The Bertz CT molecular complexity index is 363. The van der Waals surface area contributed by atoms with E-state index in [-0.39, 0.29) is 0 Å². The zero-order valence-corrected chi connectivity index (χ0v) is 11.5. The van der Waals surface area contributed by atoms with E-state index in [0.29, 0.717) is 6.04 Å². The van der Waals surface area contributed by atoms with Crippen molar-refractivity contribution in [1.29, 1.82) is 0 Å². The lowest BCUT2D eigenvalue weighted by atomic mass is 10.1. The molecular weight excluding hydrogens is 266 g/mol. The maximum Gasteiger partial charge on any atom is 0.126 e. The molecule has 0 aliphatic heterocycles. The van der Waals surface area contributed by atoms with E-state index in [2.05, 4.69) is 47.2 Å². The predicted molar refractivity (Wildman–Crippen MR) is 72.9 cm³/mol. The van der Waals surface area contributed by atoms with Gasteiger partial charge in [0.15, 0.2) is 0 Å². The van der Waals surface area contributed by atoms with E-state index in [4.69, 9.17) is 4.74 Å². The van der Waals surface area contributed by atoms with Crippen LogP contribution >= 0.6 is 15.9 Å². The number of methoxy groups -OCH3 is 1. The summed E-state index contributed by atoms with van der Waals surface area (Å²) >= 11 is 3.46. The lowest BCUT2D eigenvalue weighted by molar-refractivity contribution is 0.413. The standard InChI is InChI=1S/C13H18BrNO/c1-4-15-10(2)5-6-11-9-12(14)7-8-13(11)16-3/h5-10,15H,4H2,1-3H3/b6-5+. The van der Waals surface area contributed by atoms with Crippen molar-refractivity contribution >= 4 is 22.0 Å². The quantitative estimate of drug-likeness (QED) is 0.894. The SMILES string of the molecule is CCNC(C)/C=C/c1cc(Br)ccc1OC. The first-order chi connectivity index (χ1) is 7.67. The van der Waals surface area contributed by atoms with Gasteiger partial charge in [0.2, 0.25) is 0 Å². The van der Waals surface area contributed by atoms with Gasteiger partial charge in [0.05, 0.1) is 7.11 Å². The van der Waals surface area contributed by atoms with Gasteiger partial charge in [0.25, 0.3) is 0 Å². The molecule has 0 bridgehead atoms. The van der Waals surface area contributed by atoms with Crippen LogP contribution in [0, 0.1) is 0 Å². The van der Waals surface area contributed by atoms with Gasteiger partial charge < -0.3 is 10.1 Å². The number of benzene rings is 1. The Morgan fingerprint density at radius 3 is 2.88 bits per heavy atom. The van der Waals surface area contributed by atoms with E-state index in [0.717, 1.165) is 22.3 Å². The van der Waals surface area contributed by atoms with Gasteiger partial charge in [-0.3, -0.25) is 0 Å². The molecule has 0 aromatic heterocycles. The summed E-state index contributed by atoms with van der Waals surface area (Å²) in [6, 6.07) is 6.35. The highest BCUT2D eigenvalue weighted by molar-refractivity contribution is 9.10. The Morgan fingerprint density at radius 1 is 1.50 bits per heavy atom. The maximum absolute atomic E-state index is 5.30. The first-order valence-electron chi connectivity index (χ1n) is 5.42. The summed E-state index contributed by atoms with van der Waals surface area (Å²) in [6.07, 6.45) is 4.21. The van der Waals surface area contributed by atoms with Gasteiger partial charge in [-0.2, -0.15) is 0 Å². The zero-order chi connectivity index (χ0) is 12.0. The van der Waals surface area contributed by atoms with E-state index in [1.807, 2.05) is 18.2 Å². The molecule has 0 aliphatic rings. The minimum Gasteiger partial charge on any atom is -0.496 e. The van der Waals surface area contributed by atoms with E-state index in [1.54, 1.807) is 7.11 Å². The molecule has 88 valence electrons. The molecule has 1 atom stereocenters. The molecule has 0 aliphatic carbocycles. The number of halogens is 1. The smallest absolute Gasteiger partial charge is 0.126 e. The van der Waals surface area contributed by atoms with Crippen LogP contribution in [0.4, 0.5) is 0 Å². The van der Waals surface area contributed by atoms with Crippen LogP contribution in [0.1, 0.15) is 19.4 Å². The number of likely N-dealkylation sites (N-methyl/N-ethyl adjacent to an activating group) is 1. The third-order valence-corrected chi connectivity index (χ3v) is 2.78. The van der Waals surface area contributed by atoms with Gasteiger partial charge >= 0.3 is 0 Å². The third-order valence-electron chi connectivity index (χ3n) is 2.28. The molecule has 1 rings (SSSR count). The Labute approximate surface area is 106 Å². The van der Waals surface area contributed by atoms with E-state index in [1.165, 1.54) is 0 Å². The van der Waals surface area contributed by atoms with Crippen molar-refractivity contribution in [2.45, 2.75) is 19.9 Å². The van der Waals surface area contributed by atoms with Crippen LogP contribution < -0.4 is 10.1 Å². The lowest BCUT2D eigenvalue weighted by Crippen LogP contribution is -2.22. The largest absolute Gasteiger partial charge is 0.496 e. The van der Waals surface area contributed by atoms with Crippen LogP contribution in [0.2, 0.25) is 0 Å². The van der Waals surface area contributed by atoms with Crippen molar-refractivity contribution in [2.24, 2.45) is 0 Å². The second kappa shape index (κ2) is 6.71. The molecule has 0 spiro atoms. The number of nitrogens with one attached hydrogen (secondary N) is 1. The highest BCUT2D eigenvalue weighted by atomic mass is 79.9. The van der Waals surface area contributed by atoms with Gasteiger partial charge in [-0.05, 0) is 31.7 Å². The van der Waals surface area contributed by atoms with Crippen molar-refractivity contribution in [2.75, 3.05) is 13.7 Å². The normalized spacial score (nSPS) is 13.0. The van der Waals surface area contributed by atoms with Gasteiger partial charge in [0, 0.05) is 16.1 Å². The van der Waals surface area contributed by atoms with Gasteiger partial charge in [0.1, 0.15) is 5.75 Å². The fraction of sp³-hybridized carbons (Fsp3) is 0.385. The van der Waals surface area contributed by atoms with Crippen LogP contribution in [0.3, 0.4) is 0 Å². The fourth-order valence-corrected chi connectivity index (χ4v) is 1.85. The third kappa shape index (κ3) is 3.99. The molecule has 0 fully saturated rings. The summed E-state index contributed by atoms with van der Waals surface area (Å²) in [5, 5.41) is 3.33. The number of ether oxygens (including phenoxy) is 1. The molecule has 0 radical (unpaired) electrons. The molecule has 16 heavy (non-hydrogen) atoms. The zero-order valence-electron chi connectivity index (χ0n) is 9.96. The van der Waals surface area contributed by atoms with Gasteiger partial charge in [-0.1, -0.05) is 35.0 Å². The van der Waals surface area contributed by atoms with Crippen LogP contribution in [0.5, 0.6) is 5.75 Å². The minimum absolute atomic E-state index is 0.369. The summed E-state index contributed by atoms with van der Waals surface area (Å²) in [7, 11) is 1.69. The van der Waals surface area contributed by atoms with Gasteiger partial charge in [-0.25, -0.2) is 0 Å². The van der Waals surface area contributed by atoms with Crippen LogP contribution in [0.25, 0.3) is 6.08 Å². The topological polar surface area (TPSA) is 21.3 Å². The number of rotatable bonds is 5. The molecule has 1 aromatic carbocycles. The average molecular weight is 284 g/mol. The minimum atomic E-state index is 0.369. The first kappa shape index (κ1) is 13.3. The van der Waals surface area contributed by atoms with Crippen LogP contribution in [-0.2, 0) is 0 Å². The van der Waals surface area contributed by atoms with Crippen molar-refractivity contribution in [1.82, 2.24) is 5.32 Å². The van der Waals surface area contributed by atoms with Gasteiger partial charge in [-0.15, -0.1) is 0 Å². The molecule has 0 amide bonds. The highest BCUT2D eigenvalue weighted by Crippen LogP contribution is 2.24. The van der Waals surface area contributed by atoms with E-state index >= 15 is 0 Å².